The molecule has 3 aromatic rings. The number of hydrogen-bond acceptors (Lipinski definition) is 4. The molecule has 1 amide bonds. The third kappa shape index (κ3) is 4.38. The van der Waals surface area contributed by atoms with Crippen LogP contribution < -0.4 is 10.9 Å². The molecule has 1 saturated heterocycles. The first-order chi connectivity index (χ1) is 13.9. The first kappa shape index (κ1) is 20.1. The lowest BCUT2D eigenvalue weighted by Gasteiger charge is -2.34. The molecule has 2 N–H and O–H groups in total. The van der Waals surface area contributed by atoms with Gasteiger partial charge < -0.3 is 15.2 Å². The number of benzene rings is 1. The number of likely N-dealkylation sites (tertiary alicyclic amines) is 1. The zero-order valence-corrected chi connectivity index (χ0v) is 18.2. The third-order valence-electron chi connectivity index (χ3n) is 5.75. The van der Waals surface area contributed by atoms with Gasteiger partial charge in [0, 0.05) is 35.2 Å². The lowest BCUT2D eigenvalue weighted by Crippen LogP contribution is -2.40. The van der Waals surface area contributed by atoms with Gasteiger partial charge in [0.15, 0.2) is 0 Å². The number of rotatable bonds is 5. The number of H-pyrrole nitrogens is 1. The number of amides is 1. The Morgan fingerprint density at radius 3 is 2.72 bits per heavy atom. The van der Waals surface area contributed by atoms with E-state index in [-0.39, 0.29) is 11.5 Å². The molecule has 3 heterocycles. The van der Waals surface area contributed by atoms with E-state index in [2.05, 4.69) is 35.1 Å². The van der Waals surface area contributed by atoms with Crippen LogP contribution in [0.5, 0.6) is 0 Å². The van der Waals surface area contributed by atoms with Gasteiger partial charge in [-0.05, 0) is 56.3 Å². The summed E-state index contributed by atoms with van der Waals surface area (Å²) < 4.78 is 0.883. The highest BCUT2D eigenvalue weighted by atomic mass is 32.1. The number of aryl methyl sites for hydroxylation is 1. The first-order valence-electron chi connectivity index (χ1n) is 10.5. The second-order valence-corrected chi connectivity index (χ2v) is 9.72. The molecule has 0 aliphatic carbocycles. The molecule has 1 aliphatic rings. The van der Waals surface area contributed by atoms with Crippen LogP contribution in [0.2, 0.25) is 0 Å². The molecule has 0 saturated carbocycles. The van der Waals surface area contributed by atoms with Crippen LogP contribution in [0.4, 0.5) is 0 Å². The molecule has 4 rings (SSSR count). The van der Waals surface area contributed by atoms with E-state index in [9.17, 15) is 9.59 Å². The summed E-state index contributed by atoms with van der Waals surface area (Å²) in [6.07, 6.45) is 2.26. The van der Waals surface area contributed by atoms with Crippen LogP contribution in [0.25, 0.3) is 21.0 Å². The predicted octanol–water partition coefficient (Wildman–Crippen LogP) is 4.15. The molecule has 6 heteroatoms. The van der Waals surface area contributed by atoms with Crippen LogP contribution in [0, 0.1) is 18.8 Å². The highest BCUT2D eigenvalue weighted by Crippen LogP contribution is 2.30. The number of nitrogens with zero attached hydrogens (tertiary/aromatic N) is 1. The second-order valence-electron chi connectivity index (χ2n) is 8.67. The largest absolute Gasteiger partial charge is 0.351 e. The Kier molecular flexibility index (Phi) is 5.74. The number of fused-ring (bicyclic) bond motifs is 3. The van der Waals surface area contributed by atoms with Crippen molar-refractivity contribution < 1.29 is 4.79 Å². The number of aromatic amines is 1. The number of hydrogen-bond donors (Lipinski definition) is 2. The Hall–Kier alpha value is -2.18. The zero-order valence-electron chi connectivity index (χ0n) is 17.4. The van der Waals surface area contributed by atoms with Crippen LogP contribution in [-0.2, 0) is 0 Å². The molecular formula is C23H29N3O2S. The molecule has 0 radical (unpaired) electrons. The van der Waals surface area contributed by atoms with E-state index < -0.39 is 0 Å². The predicted molar refractivity (Wildman–Crippen MR) is 121 cm³/mol. The van der Waals surface area contributed by atoms with Gasteiger partial charge in [0.2, 0.25) is 0 Å². The van der Waals surface area contributed by atoms with Crippen molar-refractivity contribution in [1.82, 2.24) is 15.2 Å². The minimum Gasteiger partial charge on any atom is -0.351 e. The van der Waals surface area contributed by atoms with Crippen molar-refractivity contribution >= 4 is 38.2 Å². The van der Waals surface area contributed by atoms with Crippen LogP contribution >= 0.6 is 11.3 Å². The van der Waals surface area contributed by atoms with E-state index >= 15 is 0 Å². The van der Waals surface area contributed by atoms with E-state index in [4.69, 9.17) is 0 Å². The van der Waals surface area contributed by atoms with Gasteiger partial charge in [-0.25, -0.2) is 0 Å². The molecule has 0 bridgehead atoms. The SMILES string of the molecule is Cc1ccc2[nH]c(=O)c3cc(C(=O)NCCCN4C[C@H](C)C[C@H](C)C4)sc3c2c1. The van der Waals surface area contributed by atoms with Gasteiger partial charge in [-0.1, -0.05) is 25.5 Å². The molecule has 1 aliphatic heterocycles. The summed E-state index contributed by atoms with van der Waals surface area (Å²) >= 11 is 1.40. The maximum Gasteiger partial charge on any atom is 0.261 e. The van der Waals surface area contributed by atoms with Gasteiger partial charge in [-0.15, -0.1) is 11.3 Å². The summed E-state index contributed by atoms with van der Waals surface area (Å²) in [5.74, 6) is 1.42. The Balaban J connectivity index is 1.42. The van der Waals surface area contributed by atoms with Crippen molar-refractivity contribution in [2.45, 2.75) is 33.6 Å². The molecule has 0 unspecified atom stereocenters. The number of aromatic nitrogens is 1. The standard InChI is InChI=1S/C23H29N3O2S/c1-14-5-6-19-17(10-14)21-18(22(27)25-19)11-20(29-21)23(28)24-7-4-8-26-12-15(2)9-16(3)13-26/h5-6,10-11,15-16H,4,7-9,12-13H2,1-3H3,(H,24,28)(H,25,27)/t15-,16+. The van der Waals surface area contributed by atoms with E-state index in [0.717, 1.165) is 59.1 Å². The number of carbonyl (C=O) groups excluding carboxylic acids is 1. The summed E-state index contributed by atoms with van der Waals surface area (Å²) in [7, 11) is 0. The van der Waals surface area contributed by atoms with Gasteiger partial charge in [-0.2, -0.15) is 0 Å². The van der Waals surface area contributed by atoms with E-state index in [0.29, 0.717) is 16.8 Å². The van der Waals surface area contributed by atoms with Crippen LogP contribution in [-0.4, -0.2) is 42.0 Å². The minimum atomic E-state index is -0.139. The van der Waals surface area contributed by atoms with Gasteiger partial charge in [0.05, 0.1) is 10.3 Å². The molecule has 154 valence electrons. The number of piperidine rings is 1. The molecule has 29 heavy (non-hydrogen) atoms. The smallest absolute Gasteiger partial charge is 0.261 e. The monoisotopic (exact) mass is 411 g/mol. The summed E-state index contributed by atoms with van der Waals surface area (Å²) in [6, 6.07) is 7.69. The van der Waals surface area contributed by atoms with Crippen molar-refractivity contribution in [3.05, 3.63) is 45.1 Å². The Morgan fingerprint density at radius 1 is 1.21 bits per heavy atom. The van der Waals surface area contributed by atoms with Gasteiger partial charge in [0.25, 0.3) is 11.5 Å². The second kappa shape index (κ2) is 8.28. The number of carbonyl (C=O) groups is 1. The van der Waals surface area contributed by atoms with Gasteiger partial charge in [0.1, 0.15) is 0 Å². The van der Waals surface area contributed by atoms with Gasteiger partial charge >= 0.3 is 0 Å². The molecule has 2 aromatic heterocycles. The minimum absolute atomic E-state index is 0.0909. The Morgan fingerprint density at radius 2 is 1.97 bits per heavy atom. The molecule has 0 spiro atoms. The lowest BCUT2D eigenvalue weighted by atomic mass is 9.92. The molecule has 2 atom stereocenters. The normalized spacial score (nSPS) is 20.4. The van der Waals surface area contributed by atoms with Crippen LogP contribution in [0.3, 0.4) is 0 Å². The summed E-state index contributed by atoms with van der Waals surface area (Å²) in [6.45, 7) is 10.7. The van der Waals surface area contributed by atoms with Crippen molar-refractivity contribution in [3.8, 4) is 0 Å². The Bertz CT molecular complexity index is 1090. The first-order valence-corrected chi connectivity index (χ1v) is 11.3. The maximum atomic E-state index is 12.7. The maximum absolute atomic E-state index is 12.7. The van der Waals surface area contributed by atoms with Gasteiger partial charge in [-0.3, -0.25) is 9.59 Å². The average molecular weight is 412 g/mol. The number of pyridine rings is 1. The number of thiophene rings is 1. The zero-order chi connectivity index (χ0) is 20.5. The topological polar surface area (TPSA) is 65.2 Å². The Labute approximate surface area is 175 Å². The number of nitrogens with one attached hydrogen (secondary N) is 2. The highest BCUT2D eigenvalue weighted by Gasteiger charge is 2.21. The third-order valence-corrected chi connectivity index (χ3v) is 6.92. The fourth-order valence-electron chi connectivity index (χ4n) is 4.58. The van der Waals surface area contributed by atoms with Crippen LogP contribution in [0.15, 0.2) is 29.1 Å². The van der Waals surface area contributed by atoms with Crippen molar-refractivity contribution in [1.29, 1.82) is 0 Å². The molecule has 1 aromatic carbocycles. The van der Waals surface area contributed by atoms with Crippen molar-refractivity contribution in [2.75, 3.05) is 26.2 Å². The fourth-order valence-corrected chi connectivity index (χ4v) is 5.68. The molecular weight excluding hydrogens is 382 g/mol. The molecule has 5 nitrogen and oxygen atoms in total. The van der Waals surface area contributed by atoms with Crippen LogP contribution in [0.1, 0.15) is 41.9 Å². The summed E-state index contributed by atoms with van der Waals surface area (Å²) in [4.78, 5) is 31.1. The summed E-state index contributed by atoms with van der Waals surface area (Å²) in [5, 5.41) is 4.62. The molecule has 1 fully saturated rings. The lowest BCUT2D eigenvalue weighted by molar-refractivity contribution is 0.0951. The summed E-state index contributed by atoms with van der Waals surface area (Å²) in [5.41, 5.74) is 1.80. The highest BCUT2D eigenvalue weighted by molar-refractivity contribution is 7.21. The fraction of sp³-hybridized carbons (Fsp3) is 0.478. The average Bonchev–Trinajstić information content (AvgIpc) is 3.12. The van der Waals surface area contributed by atoms with E-state index in [1.165, 1.54) is 17.8 Å². The van der Waals surface area contributed by atoms with E-state index in [1.54, 1.807) is 6.07 Å². The quantitative estimate of drug-likeness (QED) is 0.620. The van der Waals surface area contributed by atoms with Crippen molar-refractivity contribution in [3.63, 3.8) is 0 Å². The van der Waals surface area contributed by atoms with E-state index in [1.807, 2.05) is 19.1 Å². The van der Waals surface area contributed by atoms with Crippen molar-refractivity contribution in [2.24, 2.45) is 11.8 Å².